The lowest BCUT2D eigenvalue weighted by Crippen LogP contribution is -2.49. The van der Waals surface area contributed by atoms with Gasteiger partial charge in [-0.2, -0.15) is 0 Å². The third kappa shape index (κ3) is 2.60. The topological polar surface area (TPSA) is 41.1 Å². The quantitative estimate of drug-likeness (QED) is 0.599. The molecule has 1 aromatic heterocycles. The Morgan fingerprint density at radius 2 is 2.47 bits per heavy atom. The Balaban J connectivity index is 2.13. The summed E-state index contributed by atoms with van der Waals surface area (Å²) in [5.41, 5.74) is 0. The first-order chi connectivity index (χ1) is 7.29. The van der Waals surface area contributed by atoms with Crippen molar-refractivity contribution in [3.63, 3.8) is 0 Å². The highest BCUT2D eigenvalue weighted by molar-refractivity contribution is 7.98. The van der Waals surface area contributed by atoms with Crippen molar-refractivity contribution >= 4 is 17.6 Å². The second-order valence-corrected chi connectivity index (χ2v) is 4.48. The zero-order valence-electron chi connectivity index (χ0n) is 9.10. The molecule has 1 unspecified atom stereocenters. The normalized spacial score (nSPS) is 21.7. The number of nitrogens with zero attached hydrogens (tertiary/aromatic N) is 3. The summed E-state index contributed by atoms with van der Waals surface area (Å²) < 4.78 is 0. The Labute approximate surface area is 94.5 Å². The average molecular weight is 224 g/mol. The van der Waals surface area contributed by atoms with Crippen molar-refractivity contribution in [1.29, 1.82) is 0 Å². The van der Waals surface area contributed by atoms with Crippen LogP contribution in [0.2, 0.25) is 0 Å². The van der Waals surface area contributed by atoms with Crippen molar-refractivity contribution in [1.82, 2.24) is 15.3 Å². The summed E-state index contributed by atoms with van der Waals surface area (Å²) >= 11 is 1.58. The fourth-order valence-corrected chi connectivity index (χ4v) is 2.10. The van der Waals surface area contributed by atoms with Gasteiger partial charge in [-0.1, -0.05) is 11.8 Å². The highest BCUT2D eigenvalue weighted by atomic mass is 32.2. The molecule has 0 saturated carbocycles. The fourth-order valence-electron chi connectivity index (χ4n) is 1.75. The molecule has 0 bridgehead atoms. The summed E-state index contributed by atoms with van der Waals surface area (Å²) in [6.07, 6.45) is 3.83. The van der Waals surface area contributed by atoms with E-state index in [0.29, 0.717) is 6.04 Å². The van der Waals surface area contributed by atoms with Crippen molar-refractivity contribution in [2.24, 2.45) is 0 Å². The molecule has 4 nitrogen and oxygen atoms in total. The summed E-state index contributed by atoms with van der Waals surface area (Å²) in [4.78, 5) is 11.0. The van der Waals surface area contributed by atoms with Crippen LogP contribution in [0.25, 0.3) is 0 Å². The Kier molecular flexibility index (Phi) is 3.43. The lowest BCUT2D eigenvalue weighted by Gasteiger charge is -2.32. The van der Waals surface area contributed by atoms with E-state index >= 15 is 0 Å². The molecule has 0 radical (unpaired) electrons. The van der Waals surface area contributed by atoms with E-state index in [0.717, 1.165) is 30.6 Å². The summed E-state index contributed by atoms with van der Waals surface area (Å²) in [6.45, 7) is 5.27. The van der Waals surface area contributed by atoms with Crippen molar-refractivity contribution < 1.29 is 0 Å². The van der Waals surface area contributed by atoms with Gasteiger partial charge in [-0.05, 0) is 19.2 Å². The summed E-state index contributed by atoms with van der Waals surface area (Å²) in [7, 11) is 0. The van der Waals surface area contributed by atoms with Crippen LogP contribution in [0.15, 0.2) is 17.4 Å². The first-order valence-corrected chi connectivity index (χ1v) is 6.37. The van der Waals surface area contributed by atoms with Crippen molar-refractivity contribution in [2.45, 2.75) is 18.1 Å². The van der Waals surface area contributed by atoms with Crippen molar-refractivity contribution in [3.05, 3.63) is 12.3 Å². The molecule has 2 rings (SSSR count). The Hall–Kier alpha value is -0.810. The molecule has 5 heteroatoms. The van der Waals surface area contributed by atoms with E-state index in [-0.39, 0.29) is 0 Å². The molecule has 1 N–H and O–H groups in total. The van der Waals surface area contributed by atoms with Crippen LogP contribution in [0.5, 0.6) is 0 Å². The minimum Gasteiger partial charge on any atom is -0.354 e. The maximum absolute atomic E-state index is 4.50. The lowest BCUT2D eigenvalue weighted by molar-refractivity contribution is 0.481. The van der Waals surface area contributed by atoms with Crippen LogP contribution in [0.4, 0.5) is 5.82 Å². The molecule has 1 aliphatic heterocycles. The number of hydrogen-bond donors (Lipinski definition) is 1. The number of anilines is 1. The predicted molar refractivity (Wildman–Crippen MR) is 63.5 cm³/mol. The van der Waals surface area contributed by atoms with Crippen LogP contribution in [0.3, 0.4) is 0 Å². The Morgan fingerprint density at radius 3 is 3.20 bits per heavy atom. The Bertz CT molecular complexity index is 331. The number of piperazine rings is 1. The highest BCUT2D eigenvalue weighted by Gasteiger charge is 2.16. The molecule has 1 aromatic rings. The highest BCUT2D eigenvalue weighted by Crippen LogP contribution is 2.16. The van der Waals surface area contributed by atoms with Crippen LogP contribution in [-0.2, 0) is 0 Å². The summed E-state index contributed by atoms with van der Waals surface area (Å²) in [5.74, 6) is 1.04. The molecule has 0 aromatic carbocycles. The van der Waals surface area contributed by atoms with Gasteiger partial charge in [-0.25, -0.2) is 9.97 Å². The maximum atomic E-state index is 4.50. The van der Waals surface area contributed by atoms with E-state index < -0.39 is 0 Å². The maximum Gasteiger partial charge on any atom is 0.189 e. The van der Waals surface area contributed by atoms with Gasteiger partial charge < -0.3 is 10.2 Å². The molecule has 1 fully saturated rings. The molecule has 2 heterocycles. The average Bonchev–Trinajstić information content (AvgIpc) is 2.29. The van der Waals surface area contributed by atoms with Gasteiger partial charge in [0.15, 0.2) is 5.16 Å². The van der Waals surface area contributed by atoms with Gasteiger partial charge in [-0.15, -0.1) is 0 Å². The van der Waals surface area contributed by atoms with E-state index in [4.69, 9.17) is 0 Å². The predicted octanol–water partition coefficient (Wildman–Crippen LogP) is 0.997. The zero-order valence-corrected chi connectivity index (χ0v) is 9.92. The molecule has 1 aliphatic rings. The number of rotatable bonds is 2. The number of hydrogen-bond acceptors (Lipinski definition) is 5. The minimum atomic E-state index is 0.534. The van der Waals surface area contributed by atoms with Crippen molar-refractivity contribution in [3.8, 4) is 0 Å². The van der Waals surface area contributed by atoms with Crippen LogP contribution < -0.4 is 10.2 Å². The molecule has 0 amide bonds. The second kappa shape index (κ2) is 4.81. The van der Waals surface area contributed by atoms with Gasteiger partial charge >= 0.3 is 0 Å². The van der Waals surface area contributed by atoms with E-state index in [1.54, 1.807) is 11.8 Å². The van der Waals surface area contributed by atoms with Crippen LogP contribution >= 0.6 is 11.8 Å². The molecule has 0 aliphatic carbocycles. The van der Waals surface area contributed by atoms with Gasteiger partial charge in [0.1, 0.15) is 5.82 Å². The fraction of sp³-hybridized carbons (Fsp3) is 0.600. The SMILES string of the molecule is CSc1nccc(N2CCNC(C)C2)n1. The van der Waals surface area contributed by atoms with E-state index in [2.05, 4.69) is 27.1 Å². The molecular weight excluding hydrogens is 208 g/mol. The van der Waals surface area contributed by atoms with Gasteiger partial charge in [-0.3, -0.25) is 0 Å². The van der Waals surface area contributed by atoms with Crippen LogP contribution in [0.1, 0.15) is 6.92 Å². The van der Waals surface area contributed by atoms with Gasteiger partial charge in [0, 0.05) is 31.9 Å². The monoisotopic (exact) mass is 224 g/mol. The lowest BCUT2D eigenvalue weighted by atomic mass is 10.2. The number of aromatic nitrogens is 2. The van der Waals surface area contributed by atoms with E-state index in [1.807, 2.05) is 18.5 Å². The van der Waals surface area contributed by atoms with Crippen LogP contribution in [-0.4, -0.2) is 41.9 Å². The largest absolute Gasteiger partial charge is 0.354 e. The first kappa shape index (κ1) is 10.7. The first-order valence-electron chi connectivity index (χ1n) is 5.15. The molecular formula is C10H16N4S. The second-order valence-electron chi connectivity index (χ2n) is 3.70. The molecule has 1 saturated heterocycles. The zero-order chi connectivity index (χ0) is 10.7. The smallest absolute Gasteiger partial charge is 0.189 e. The minimum absolute atomic E-state index is 0.534. The standard InChI is InChI=1S/C10H16N4S/c1-8-7-14(6-5-11-8)9-3-4-12-10(13-9)15-2/h3-4,8,11H,5-7H2,1-2H3. The molecule has 15 heavy (non-hydrogen) atoms. The summed E-state index contributed by atoms with van der Waals surface area (Å²) in [5, 5.41) is 4.27. The van der Waals surface area contributed by atoms with E-state index in [9.17, 15) is 0 Å². The van der Waals surface area contributed by atoms with Gasteiger partial charge in [0.25, 0.3) is 0 Å². The Morgan fingerprint density at radius 1 is 1.60 bits per heavy atom. The number of thioether (sulfide) groups is 1. The van der Waals surface area contributed by atoms with Crippen LogP contribution in [0, 0.1) is 0 Å². The van der Waals surface area contributed by atoms with Gasteiger partial charge in [0.2, 0.25) is 0 Å². The third-order valence-corrected chi connectivity index (χ3v) is 3.06. The third-order valence-electron chi connectivity index (χ3n) is 2.49. The molecule has 0 spiro atoms. The van der Waals surface area contributed by atoms with Gasteiger partial charge in [0.05, 0.1) is 0 Å². The number of nitrogens with one attached hydrogen (secondary N) is 1. The molecule has 82 valence electrons. The summed E-state index contributed by atoms with van der Waals surface area (Å²) in [6, 6.07) is 2.52. The molecule has 1 atom stereocenters. The van der Waals surface area contributed by atoms with Crippen molar-refractivity contribution in [2.75, 3.05) is 30.8 Å². The van der Waals surface area contributed by atoms with E-state index in [1.165, 1.54) is 0 Å².